The quantitative estimate of drug-likeness (QED) is 0.739. The predicted octanol–water partition coefficient (Wildman–Crippen LogP) is 3.51. The fraction of sp³-hybridized carbons (Fsp3) is 0.136. The number of carbonyl (C=O) groups excluding carboxylic acids is 1. The van der Waals surface area contributed by atoms with Crippen molar-refractivity contribution in [3.8, 4) is 5.75 Å². The van der Waals surface area contributed by atoms with E-state index in [1.54, 1.807) is 53.7 Å². The van der Waals surface area contributed by atoms with Gasteiger partial charge in [-0.2, -0.15) is 0 Å². The van der Waals surface area contributed by atoms with Crippen LogP contribution in [0.2, 0.25) is 0 Å². The first-order valence-electron chi connectivity index (χ1n) is 8.86. The molecule has 0 saturated heterocycles. The van der Waals surface area contributed by atoms with Gasteiger partial charge < -0.3 is 14.7 Å². The molecule has 0 fully saturated rings. The van der Waals surface area contributed by atoms with Crippen molar-refractivity contribution >= 4 is 11.9 Å². The number of ether oxygens (including phenoxy) is 1. The van der Waals surface area contributed by atoms with E-state index in [0.29, 0.717) is 31.0 Å². The number of carbonyl (C=O) groups is 2. The van der Waals surface area contributed by atoms with Crippen LogP contribution < -0.4 is 4.74 Å². The zero-order chi connectivity index (χ0) is 19.5. The van der Waals surface area contributed by atoms with Crippen molar-refractivity contribution in [3.63, 3.8) is 0 Å². The zero-order valence-corrected chi connectivity index (χ0v) is 15.0. The summed E-state index contributed by atoms with van der Waals surface area (Å²) in [5.74, 6) is -0.467. The highest BCUT2D eigenvalue weighted by Crippen LogP contribution is 2.26. The Hall–Kier alpha value is -3.67. The van der Waals surface area contributed by atoms with E-state index in [1.807, 2.05) is 18.2 Å². The van der Waals surface area contributed by atoms with Crippen LogP contribution in [-0.4, -0.2) is 26.9 Å². The number of aromatic carboxylic acids is 1. The van der Waals surface area contributed by atoms with E-state index >= 15 is 0 Å². The van der Waals surface area contributed by atoms with Gasteiger partial charge in [0.15, 0.2) is 0 Å². The van der Waals surface area contributed by atoms with Crippen LogP contribution in [0, 0.1) is 0 Å². The Morgan fingerprint density at radius 3 is 2.64 bits per heavy atom. The first-order chi connectivity index (χ1) is 13.6. The largest absolute Gasteiger partial charge is 0.489 e. The van der Waals surface area contributed by atoms with Gasteiger partial charge in [-0.05, 0) is 47.5 Å². The van der Waals surface area contributed by atoms with Crippen LogP contribution >= 0.6 is 0 Å². The van der Waals surface area contributed by atoms with Gasteiger partial charge in [0, 0.05) is 36.6 Å². The first-order valence-corrected chi connectivity index (χ1v) is 8.86. The van der Waals surface area contributed by atoms with Gasteiger partial charge in [-0.25, -0.2) is 4.79 Å². The topological polar surface area (TPSA) is 79.7 Å². The number of hydrogen-bond donors (Lipinski definition) is 1. The van der Waals surface area contributed by atoms with Crippen LogP contribution in [0.3, 0.4) is 0 Å². The fourth-order valence-corrected chi connectivity index (χ4v) is 3.22. The highest BCUT2D eigenvalue weighted by molar-refractivity contribution is 5.95. The van der Waals surface area contributed by atoms with E-state index in [-0.39, 0.29) is 11.5 Å². The van der Waals surface area contributed by atoms with E-state index in [2.05, 4.69) is 4.98 Å². The molecule has 2 aromatic carbocycles. The molecule has 1 N–H and O–H groups in total. The Bertz CT molecular complexity index is 1030. The number of aromatic nitrogens is 1. The lowest BCUT2D eigenvalue weighted by Crippen LogP contribution is -2.25. The van der Waals surface area contributed by atoms with Crippen molar-refractivity contribution in [2.45, 2.75) is 19.7 Å². The Labute approximate surface area is 162 Å². The number of hydrogen-bond acceptors (Lipinski definition) is 4. The molecule has 1 aromatic heterocycles. The third-order valence-corrected chi connectivity index (χ3v) is 4.67. The van der Waals surface area contributed by atoms with Gasteiger partial charge in [0.05, 0.1) is 5.56 Å². The van der Waals surface area contributed by atoms with E-state index in [4.69, 9.17) is 9.84 Å². The summed E-state index contributed by atoms with van der Waals surface area (Å²) < 4.78 is 5.77. The number of nitrogens with zero attached hydrogens (tertiary/aromatic N) is 2. The maximum absolute atomic E-state index is 12.9. The molecule has 0 saturated carbocycles. The SMILES string of the molecule is O=C(O)c1ccc2c(c1)CN(C(=O)c1cccc(OCc3cccnc3)c1)C2. The van der Waals surface area contributed by atoms with Crippen molar-refractivity contribution in [1.82, 2.24) is 9.88 Å². The molecule has 28 heavy (non-hydrogen) atoms. The maximum atomic E-state index is 12.9. The number of fused-ring (bicyclic) bond motifs is 1. The number of carboxylic acids is 1. The summed E-state index contributed by atoms with van der Waals surface area (Å²) in [6, 6.07) is 15.8. The smallest absolute Gasteiger partial charge is 0.335 e. The van der Waals surface area contributed by atoms with Crippen LogP contribution in [0.25, 0.3) is 0 Å². The molecule has 0 atom stereocenters. The summed E-state index contributed by atoms with van der Waals surface area (Å²) in [6.07, 6.45) is 3.44. The van der Waals surface area contributed by atoms with Crippen LogP contribution in [0.1, 0.15) is 37.4 Å². The summed E-state index contributed by atoms with van der Waals surface area (Å²) in [4.78, 5) is 29.8. The molecule has 1 amide bonds. The summed E-state index contributed by atoms with van der Waals surface area (Å²) >= 11 is 0. The van der Waals surface area contributed by atoms with Crippen LogP contribution in [0.15, 0.2) is 67.0 Å². The minimum absolute atomic E-state index is 0.111. The van der Waals surface area contributed by atoms with Gasteiger partial charge in [0.2, 0.25) is 0 Å². The molecule has 6 heteroatoms. The number of amides is 1. The third-order valence-electron chi connectivity index (χ3n) is 4.67. The van der Waals surface area contributed by atoms with Gasteiger partial charge in [-0.1, -0.05) is 18.2 Å². The molecule has 1 aliphatic rings. The average molecular weight is 374 g/mol. The van der Waals surface area contributed by atoms with Crippen molar-refractivity contribution in [2.75, 3.05) is 0 Å². The molecule has 1 aliphatic heterocycles. The molecular formula is C22H18N2O4. The zero-order valence-electron chi connectivity index (χ0n) is 15.0. The Morgan fingerprint density at radius 1 is 1.00 bits per heavy atom. The molecule has 0 bridgehead atoms. The minimum Gasteiger partial charge on any atom is -0.489 e. The lowest BCUT2D eigenvalue weighted by molar-refractivity contribution is 0.0696. The van der Waals surface area contributed by atoms with Crippen LogP contribution in [0.5, 0.6) is 5.75 Å². The maximum Gasteiger partial charge on any atom is 0.335 e. The third kappa shape index (κ3) is 3.71. The molecular weight excluding hydrogens is 356 g/mol. The standard InChI is InChI=1S/C22H18N2O4/c25-21(24-12-18-7-6-17(22(26)27)9-19(18)13-24)16-4-1-5-20(10-16)28-14-15-3-2-8-23-11-15/h1-11H,12-14H2,(H,26,27). The van der Waals surface area contributed by atoms with Crippen LogP contribution in [0.4, 0.5) is 0 Å². The number of pyridine rings is 1. The molecule has 0 unspecified atom stereocenters. The van der Waals surface area contributed by atoms with Gasteiger partial charge >= 0.3 is 5.97 Å². The highest BCUT2D eigenvalue weighted by Gasteiger charge is 2.25. The molecule has 2 heterocycles. The van der Waals surface area contributed by atoms with Crippen molar-refractivity contribution in [1.29, 1.82) is 0 Å². The molecule has 3 aromatic rings. The molecule has 0 spiro atoms. The Morgan fingerprint density at radius 2 is 1.86 bits per heavy atom. The second-order valence-electron chi connectivity index (χ2n) is 6.63. The molecule has 4 rings (SSSR count). The molecule has 140 valence electrons. The Balaban J connectivity index is 1.46. The summed E-state index contributed by atoms with van der Waals surface area (Å²) in [5.41, 5.74) is 3.57. The lowest BCUT2D eigenvalue weighted by atomic mass is 10.1. The lowest BCUT2D eigenvalue weighted by Gasteiger charge is -2.16. The van der Waals surface area contributed by atoms with E-state index in [1.165, 1.54) is 0 Å². The highest BCUT2D eigenvalue weighted by atomic mass is 16.5. The summed E-state index contributed by atoms with van der Waals surface area (Å²) in [5, 5.41) is 9.13. The van der Waals surface area contributed by atoms with Gasteiger partial charge in [0.1, 0.15) is 12.4 Å². The molecule has 6 nitrogen and oxygen atoms in total. The number of carboxylic acid groups (broad SMARTS) is 1. The van der Waals surface area contributed by atoms with Crippen LogP contribution in [-0.2, 0) is 19.7 Å². The van der Waals surface area contributed by atoms with E-state index in [0.717, 1.165) is 16.7 Å². The second-order valence-corrected chi connectivity index (χ2v) is 6.63. The summed E-state index contributed by atoms with van der Waals surface area (Å²) in [7, 11) is 0. The van der Waals surface area contributed by atoms with Gasteiger partial charge in [0.25, 0.3) is 5.91 Å². The van der Waals surface area contributed by atoms with Gasteiger partial charge in [-0.15, -0.1) is 0 Å². The molecule has 0 radical (unpaired) electrons. The first kappa shape index (κ1) is 17.7. The summed E-state index contributed by atoms with van der Waals surface area (Å²) in [6.45, 7) is 1.24. The molecule has 0 aliphatic carbocycles. The predicted molar refractivity (Wildman–Crippen MR) is 102 cm³/mol. The van der Waals surface area contributed by atoms with Crippen molar-refractivity contribution < 1.29 is 19.4 Å². The Kier molecular flexibility index (Phi) is 4.76. The normalized spacial score (nSPS) is 12.5. The number of rotatable bonds is 5. The number of benzene rings is 2. The fourth-order valence-electron chi connectivity index (χ4n) is 3.22. The average Bonchev–Trinajstić information content (AvgIpc) is 3.16. The van der Waals surface area contributed by atoms with Crippen molar-refractivity contribution in [2.24, 2.45) is 0 Å². The monoisotopic (exact) mass is 374 g/mol. The van der Waals surface area contributed by atoms with Gasteiger partial charge in [-0.3, -0.25) is 9.78 Å². The van der Waals surface area contributed by atoms with E-state index in [9.17, 15) is 9.59 Å². The van der Waals surface area contributed by atoms with Crippen molar-refractivity contribution in [3.05, 3.63) is 94.8 Å². The minimum atomic E-state index is -0.967. The second kappa shape index (κ2) is 7.52. The van der Waals surface area contributed by atoms with E-state index < -0.39 is 5.97 Å².